The number of carbonyl (C=O) groups is 1. The first-order valence-corrected chi connectivity index (χ1v) is 8.95. The van der Waals surface area contributed by atoms with Crippen LogP contribution in [0.4, 0.5) is 0 Å². The zero-order valence-electron chi connectivity index (χ0n) is 15.2. The minimum atomic E-state index is 0.0275. The first kappa shape index (κ1) is 16.8. The van der Waals surface area contributed by atoms with E-state index in [1.165, 1.54) is 5.56 Å². The van der Waals surface area contributed by atoms with E-state index in [0.29, 0.717) is 13.0 Å². The van der Waals surface area contributed by atoms with E-state index in [1.807, 2.05) is 17.9 Å². The van der Waals surface area contributed by atoms with Crippen LogP contribution in [0.25, 0.3) is 0 Å². The Hall–Kier alpha value is -2.63. The minimum absolute atomic E-state index is 0.0275. The molecule has 0 N–H and O–H groups in total. The molecule has 1 atom stereocenters. The number of nitrogens with zero attached hydrogens (tertiary/aromatic N) is 3. The fourth-order valence-corrected chi connectivity index (χ4v) is 3.72. The molecule has 0 unspecified atom stereocenters. The molecule has 0 radical (unpaired) electrons. The first-order chi connectivity index (χ1) is 12.5. The fraction of sp³-hybridized carbons (Fsp3) is 0.450. The number of hydrogen-bond acceptors (Lipinski definition) is 5. The molecule has 1 amide bonds. The van der Waals surface area contributed by atoms with Crippen molar-refractivity contribution in [2.45, 2.75) is 39.7 Å². The van der Waals surface area contributed by atoms with Crippen molar-refractivity contribution in [2.24, 2.45) is 5.41 Å². The molecule has 1 fully saturated rings. The Labute approximate surface area is 153 Å². The average Bonchev–Trinajstić information content (AvgIpc) is 3.08. The lowest BCUT2D eigenvalue weighted by molar-refractivity contribution is -0.138. The standard InChI is InChI=1S/C20H23N3O3/c1-14-9-22-16(10-21-14)11-23-12-20(2,6-5-19(23)24)8-15-3-4-17-18(7-15)26-13-25-17/h3-4,7,9-10H,5-6,8,11-13H2,1-2H3/t20-/m0/s1. The van der Waals surface area contributed by atoms with Gasteiger partial charge >= 0.3 is 0 Å². The largest absolute Gasteiger partial charge is 0.454 e. The average molecular weight is 353 g/mol. The molecule has 2 aromatic rings. The number of hydrogen-bond donors (Lipinski definition) is 0. The lowest BCUT2D eigenvalue weighted by Gasteiger charge is -2.40. The number of benzene rings is 1. The van der Waals surface area contributed by atoms with Gasteiger partial charge in [0, 0.05) is 19.2 Å². The summed E-state index contributed by atoms with van der Waals surface area (Å²) in [5, 5.41) is 0. The zero-order valence-corrected chi connectivity index (χ0v) is 15.2. The van der Waals surface area contributed by atoms with Crippen molar-refractivity contribution in [1.29, 1.82) is 0 Å². The monoisotopic (exact) mass is 353 g/mol. The van der Waals surface area contributed by atoms with Crippen LogP contribution in [0.15, 0.2) is 30.6 Å². The predicted molar refractivity (Wildman–Crippen MR) is 95.8 cm³/mol. The number of aryl methyl sites for hydroxylation is 1. The van der Waals surface area contributed by atoms with E-state index in [1.54, 1.807) is 12.4 Å². The Morgan fingerprint density at radius 2 is 2.04 bits per heavy atom. The highest BCUT2D eigenvalue weighted by molar-refractivity contribution is 5.77. The van der Waals surface area contributed by atoms with E-state index >= 15 is 0 Å². The molecule has 4 rings (SSSR count). The Bertz CT molecular complexity index is 822. The number of carbonyl (C=O) groups excluding carboxylic acids is 1. The molecule has 1 aromatic carbocycles. The summed E-state index contributed by atoms with van der Waals surface area (Å²) in [4.78, 5) is 23.0. The quantitative estimate of drug-likeness (QED) is 0.846. The van der Waals surface area contributed by atoms with Gasteiger partial charge in [0.2, 0.25) is 12.7 Å². The van der Waals surface area contributed by atoms with Crippen molar-refractivity contribution in [1.82, 2.24) is 14.9 Å². The predicted octanol–water partition coefficient (Wildman–Crippen LogP) is 2.89. The molecule has 2 aliphatic heterocycles. The van der Waals surface area contributed by atoms with E-state index in [2.05, 4.69) is 29.0 Å². The smallest absolute Gasteiger partial charge is 0.231 e. The molecule has 6 heteroatoms. The zero-order chi connectivity index (χ0) is 18.1. The molecule has 26 heavy (non-hydrogen) atoms. The summed E-state index contributed by atoms with van der Waals surface area (Å²) in [5.74, 6) is 1.80. The van der Waals surface area contributed by atoms with Crippen LogP contribution in [0.5, 0.6) is 11.5 Å². The normalized spacial score (nSPS) is 21.9. The number of amides is 1. The Morgan fingerprint density at radius 1 is 1.19 bits per heavy atom. The third kappa shape index (κ3) is 3.49. The van der Waals surface area contributed by atoms with Crippen molar-refractivity contribution in [3.8, 4) is 11.5 Å². The van der Waals surface area contributed by atoms with E-state index in [0.717, 1.165) is 42.3 Å². The summed E-state index contributed by atoms with van der Waals surface area (Å²) in [6.07, 6.45) is 5.85. The summed E-state index contributed by atoms with van der Waals surface area (Å²) < 4.78 is 10.9. The maximum absolute atomic E-state index is 12.4. The van der Waals surface area contributed by atoms with Crippen molar-refractivity contribution < 1.29 is 14.3 Å². The number of likely N-dealkylation sites (tertiary alicyclic amines) is 1. The van der Waals surface area contributed by atoms with E-state index in [9.17, 15) is 4.79 Å². The SMILES string of the molecule is Cc1cnc(CN2C[C@](C)(Cc3ccc4c(c3)OCO4)CCC2=O)cn1. The van der Waals surface area contributed by atoms with Crippen LogP contribution in [-0.4, -0.2) is 34.1 Å². The maximum Gasteiger partial charge on any atom is 0.231 e. The van der Waals surface area contributed by atoms with Gasteiger partial charge in [0.1, 0.15) is 0 Å². The molecule has 2 aliphatic rings. The summed E-state index contributed by atoms with van der Waals surface area (Å²) >= 11 is 0. The molecule has 1 aromatic heterocycles. The summed E-state index contributed by atoms with van der Waals surface area (Å²) in [6, 6.07) is 6.11. The van der Waals surface area contributed by atoms with E-state index in [-0.39, 0.29) is 18.1 Å². The highest BCUT2D eigenvalue weighted by atomic mass is 16.7. The Kier molecular flexibility index (Phi) is 4.26. The van der Waals surface area contributed by atoms with Gasteiger partial charge in [0.25, 0.3) is 0 Å². The van der Waals surface area contributed by atoms with Crippen molar-refractivity contribution in [3.05, 3.63) is 47.5 Å². The van der Waals surface area contributed by atoms with Crippen molar-refractivity contribution >= 4 is 5.91 Å². The van der Waals surface area contributed by atoms with Gasteiger partial charge in [-0.05, 0) is 42.9 Å². The molecule has 6 nitrogen and oxygen atoms in total. The third-order valence-electron chi connectivity index (χ3n) is 5.12. The van der Waals surface area contributed by atoms with Crippen LogP contribution in [0.2, 0.25) is 0 Å². The highest BCUT2D eigenvalue weighted by Crippen LogP contribution is 2.38. The Morgan fingerprint density at radius 3 is 2.85 bits per heavy atom. The van der Waals surface area contributed by atoms with Gasteiger partial charge < -0.3 is 14.4 Å². The van der Waals surface area contributed by atoms with Crippen molar-refractivity contribution in [2.75, 3.05) is 13.3 Å². The molecular formula is C20H23N3O3. The molecule has 0 saturated carbocycles. The fourth-order valence-electron chi connectivity index (χ4n) is 3.72. The molecule has 136 valence electrons. The number of piperidine rings is 1. The number of aromatic nitrogens is 2. The van der Waals surface area contributed by atoms with Crippen LogP contribution in [0, 0.1) is 12.3 Å². The van der Waals surface area contributed by atoms with Gasteiger partial charge in [-0.15, -0.1) is 0 Å². The molecule has 0 spiro atoms. The lowest BCUT2D eigenvalue weighted by atomic mass is 9.76. The van der Waals surface area contributed by atoms with Crippen LogP contribution in [0.1, 0.15) is 36.7 Å². The molecule has 3 heterocycles. The second-order valence-electron chi connectivity index (χ2n) is 7.57. The second-order valence-corrected chi connectivity index (χ2v) is 7.57. The van der Waals surface area contributed by atoms with E-state index < -0.39 is 0 Å². The minimum Gasteiger partial charge on any atom is -0.454 e. The van der Waals surface area contributed by atoms with Crippen molar-refractivity contribution in [3.63, 3.8) is 0 Å². The van der Waals surface area contributed by atoms with Crippen LogP contribution < -0.4 is 9.47 Å². The molecule has 0 aliphatic carbocycles. The van der Waals surface area contributed by atoms with Gasteiger partial charge in [-0.25, -0.2) is 0 Å². The topological polar surface area (TPSA) is 64.6 Å². The van der Waals surface area contributed by atoms with Gasteiger partial charge in [-0.2, -0.15) is 0 Å². The first-order valence-electron chi connectivity index (χ1n) is 8.95. The summed E-state index contributed by atoms with van der Waals surface area (Å²) in [6.45, 7) is 5.68. The van der Waals surface area contributed by atoms with Crippen LogP contribution in [0.3, 0.4) is 0 Å². The molecule has 0 bridgehead atoms. The van der Waals surface area contributed by atoms with Gasteiger partial charge in [-0.3, -0.25) is 14.8 Å². The van der Waals surface area contributed by atoms with Gasteiger partial charge in [0.05, 0.1) is 24.1 Å². The van der Waals surface area contributed by atoms with Crippen LogP contribution >= 0.6 is 0 Å². The van der Waals surface area contributed by atoms with E-state index in [4.69, 9.17) is 9.47 Å². The van der Waals surface area contributed by atoms with Gasteiger partial charge in [-0.1, -0.05) is 13.0 Å². The maximum atomic E-state index is 12.4. The number of fused-ring (bicyclic) bond motifs is 1. The Balaban J connectivity index is 1.47. The molecular weight excluding hydrogens is 330 g/mol. The number of ether oxygens (including phenoxy) is 2. The van der Waals surface area contributed by atoms with Crippen LogP contribution in [-0.2, 0) is 17.8 Å². The second kappa shape index (κ2) is 6.59. The third-order valence-corrected chi connectivity index (χ3v) is 5.12. The molecule has 1 saturated heterocycles. The highest BCUT2D eigenvalue weighted by Gasteiger charge is 2.35. The number of rotatable bonds is 4. The summed E-state index contributed by atoms with van der Waals surface area (Å²) in [5.41, 5.74) is 2.95. The lowest BCUT2D eigenvalue weighted by Crippen LogP contribution is -2.45. The summed E-state index contributed by atoms with van der Waals surface area (Å²) in [7, 11) is 0. The van der Waals surface area contributed by atoms with Gasteiger partial charge in [0.15, 0.2) is 11.5 Å².